The summed E-state index contributed by atoms with van der Waals surface area (Å²) in [5, 5.41) is 17.5. The first-order valence-corrected chi connectivity index (χ1v) is 4.17. The topological polar surface area (TPSA) is 109 Å². The number of hydrogen-bond acceptors (Lipinski definition) is 7. The Bertz CT molecular complexity index is 528. The van der Waals surface area contributed by atoms with Crippen molar-refractivity contribution in [1.82, 2.24) is 5.16 Å². The van der Waals surface area contributed by atoms with Crippen LogP contribution in [0.2, 0.25) is 0 Å². The van der Waals surface area contributed by atoms with Crippen LogP contribution in [-0.4, -0.2) is 22.6 Å². The van der Waals surface area contributed by atoms with E-state index in [0.717, 1.165) is 6.92 Å². The Hall–Kier alpha value is -2.51. The number of carbonyl (C=O) groups excluding carboxylic acids is 2. The van der Waals surface area contributed by atoms with E-state index in [1.165, 1.54) is 12.2 Å². The molecule has 0 amide bonds. The van der Waals surface area contributed by atoms with E-state index in [1.807, 2.05) is 0 Å². The normalized spacial score (nSPS) is 16.3. The summed E-state index contributed by atoms with van der Waals surface area (Å²) in [5.74, 6) is -1.30. The molecule has 1 aromatic heterocycles. The second kappa shape index (κ2) is 3.57. The van der Waals surface area contributed by atoms with Crippen molar-refractivity contribution in [1.29, 1.82) is 0 Å². The molecule has 0 unspecified atom stereocenters. The van der Waals surface area contributed by atoms with Gasteiger partial charge in [0.2, 0.25) is 5.69 Å². The van der Waals surface area contributed by atoms with Gasteiger partial charge in [-0.15, -0.1) is 0 Å². The van der Waals surface area contributed by atoms with E-state index in [1.54, 1.807) is 0 Å². The standard InChI is InChI=1S/C8H5N3O5/c1-4(12)15-9-5-2-3-6-7(8(5)13)10-16-11(6)14/h2-3H,1H3/b9-5-. The number of rotatable bonds is 1. The Balaban J connectivity index is 2.35. The minimum absolute atomic E-state index is 0.00762. The van der Waals surface area contributed by atoms with Gasteiger partial charge in [0.15, 0.2) is 5.71 Å². The van der Waals surface area contributed by atoms with E-state index in [2.05, 4.69) is 19.8 Å². The van der Waals surface area contributed by atoms with Crippen LogP contribution < -0.4 is 4.90 Å². The average Bonchev–Trinajstić information content (AvgIpc) is 2.60. The molecular formula is C8H5N3O5. The molecule has 1 aliphatic carbocycles. The van der Waals surface area contributed by atoms with E-state index >= 15 is 0 Å². The van der Waals surface area contributed by atoms with Crippen LogP contribution in [-0.2, 0) is 9.63 Å². The molecule has 0 aromatic carbocycles. The summed E-state index contributed by atoms with van der Waals surface area (Å²) in [4.78, 5) is 26.5. The molecule has 0 N–H and O–H groups in total. The largest absolute Gasteiger partial charge is 0.359 e. The first-order chi connectivity index (χ1) is 7.59. The zero-order valence-electron chi connectivity index (χ0n) is 8.04. The van der Waals surface area contributed by atoms with E-state index in [9.17, 15) is 14.8 Å². The molecule has 1 aromatic rings. The first-order valence-electron chi connectivity index (χ1n) is 4.17. The monoisotopic (exact) mass is 223 g/mol. The summed E-state index contributed by atoms with van der Waals surface area (Å²) in [6, 6.07) is 0. The lowest BCUT2D eigenvalue weighted by atomic mass is 10.1. The average molecular weight is 223 g/mol. The molecule has 1 aliphatic rings. The highest BCUT2D eigenvalue weighted by molar-refractivity contribution is 6.51. The SMILES string of the molecule is CC(=O)O/N=C1/C=Cc2c(no[n+]2[O-])C1=O. The molecule has 0 bridgehead atoms. The first kappa shape index (κ1) is 10.0. The molecule has 82 valence electrons. The molecular weight excluding hydrogens is 218 g/mol. The number of ketones is 1. The molecule has 8 nitrogen and oxygen atoms in total. The number of oxime groups is 1. The Kier molecular flexibility index (Phi) is 2.24. The van der Waals surface area contributed by atoms with E-state index < -0.39 is 11.8 Å². The fraction of sp³-hybridized carbons (Fsp3) is 0.125. The second-order valence-corrected chi connectivity index (χ2v) is 2.89. The molecule has 0 radical (unpaired) electrons. The van der Waals surface area contributed by atoms with Crippen molar-refractivity contribution < 1.29 is 24.0 Å². The summed E-state index contributed by atoms with van der Waals surface area (Å²) in [5.41, 5.74) is -0.299. The lowest BCUT2D eigenvalue weighted by molar-refractivity contribution is -0.803. The van der Waals surface area contributed by atoms with Crippen LogP contribution in [0.5, 0.6) is 0 Å². The third-order valence-electron chi connectivity index (χ3n) is 1.76. The molecule has 0 saturated heterocycles. The van der Waals surface area contributed by atoms with Gasteiger partial charge in [-0.05, 0) is 17.1 Å². The fourth-order valence-corrected chi connectivity index (χ4v) is 1.09. The van der Waals surface area contributed by atoms with Crippen molar-refractivity contribution in [2.75, 3.05) is 0 Å². The van der Waals surface area contributed by atoms with Crippen LogP contribution in [0.15, 0.2) is 15.9 Å². The second-order valence-electron chi connectivity index (χ2n) is 2.89. The van der Waals surface area contributed by atoms with Gasteiger partial charge in [-0.25, -0.2) is 4.79 Å². The number of nitrogens with zero attached hydrogens (tertiary/aromatic N) is 3. The fourth-order valence-electron chi connectivity index (χ4n) is 1.09. The van der Waals surface area contributed by atoms with Crippen molar-refractivity contribution >= 4 is 23.5 Å². The van der Waals surface area contributed by atoms with Crippen LogP contribution >= 0.6 is 0 Å². The predicted octanol–water partition coefficient (Wildman–Crippen LogP) is -0.563. The van der Waals surface area contributed by atoms with Gasteiger partial charge in [-0.3, -0.25) is 9.42 Å². The molecule has 0 fully saturated rings. The minimum Gasteiger partial charge on any atom is -0.359 e. The predicted molar refractivity (Wildman–Crippen MR) is 48.0 cm³/mol. The van der Waals surface area contributed by atoms with Crippen LogP contribution in [0.4, 0.5) is 0 Å². The van der Waals surface area contributed by atoms with E-state index in [0.29, 0.717) is 0 Å². The highest BCUT2D eigenvalue weighted by Crippen LogP contribution is 2.12. The van der Waals surface area contributed by atoms with Crippen molar-refractivity contribution in [3.05, 3.63) is 22.7 Å². The number of hydrogen-bond donors (Lipinski definition) is 0. The lowest BCUT2D eigenvalue weighted by Gasteiger charge is -1.99. The summed E-state index contributed by atoms with van der Waals surface area (Å²) in [7, 11) is 0. The minimum atomic E-state index is -0.654. The van der Waals surface area contributed by atoms with Crippen LogP contribution in [0.25, 0.3) is 6.08 Å². The van der Waals surface area contributed by atoms with E-state index in [-0.39, 0.29) is 22.0 Å². The Morgan fingerprint density at radius 2 is 2.38 bits per heavy atom. The molecule has 0 atom stereocenters. The van der Waals surface area contributed by atoms with Crippen LogP contribution in [0, 0.1) is 5.21 Å². The number of Topliss-reactive ketones (excluding diaryl/α,β-unsaturated/α-hetero) is 1. The number of fused-ring (bicyclic) bond motifs is 1. The quantitative estimate of drug-likeness (QED) is 0.358. The van der Waals surface area contributed by atoms with Crippen LogP contribution in [0.1, 0.15) is 23.1 Å². The summed E-state index contributed by atoms with van der Waals surface area (Å²) < 4.78 is 4.24. The van der Waals surface area contributed by atoms with Gasteiger partial charge >= 0.3 is 5.97 Å². The molecule has 2 rings (SSSR count). The zero-order chi connectivity index (χ0) is 11.7. The highest BCUT2D eigenvalue weighted by Gasteiger charge is 2.31. The highest BCUT2D eigenvalue weighted by atomic mass is 16.8. The van der Waals surface area contributed by atoms with Crippen molar-refractivity contribution in [3.63, 3.8) is 0 Å². The number of carbonyl (C=O) groups is 2. The van der Waals surface area contributed by atoms with Crippen LogP contribution in [0.3, 0.4) is 0 Å². The van der Waals surface area contributed by atoms with E-state index in [4.69, 9.17) is 0 Å². The maximum Gasteiger partial charge on any atom is 0.332 e. The number of aromatic nitrogens is 2. The maximum absolute atomic E-state index is 11.6. The molecule has 0 aliphatic heterocycles. The zero-order valence-corrected chi connectivity index (χ0v) is 8.04. The molecule has 8 heteroatoms. The maximum atomic E-state index is 11.6. The molecule has 0 saturated carbocycles. The van der Waals surface area contributed by atoms with Gasteiger partial charge in [-0.2, -0.15) is 0 Å². The lowest BCUT2D eigenvalue weighted by Crippen LogP contribution is -2.29. The smallest absolute Gasteiger partial charge is 0.332 e. The summed E-state index contributed by atoms with van der Waals surface area (Å²) >= 11 is 0. The van der Waals surface area contributed by atoms with Crippen molar-refractivity contribution in [2.24, 2.45) is 5.16 Å². The molecule has 16 heavy (non-hydrogen) atoms. The van der Waals surface area contributed by atoms with Crippen molar-refractivity contribution in [3.8, 4) is 0 Å². The van der Waals surface area contributed by atoms with Gasteiger partial charge in [-0.1, -0.05) is 5.16 Å². The third kappa shape index (κ3) is 1.56. The van der Waals surface area contributed by atoms with Gasteiger partial charge in [0.1, 0.15) is 0 Å². The third-order valence-corrected chi connectivity index (χ3v) is 1.76. The van der Waals surface area contributed by atoms with Gasteiger partial charge < -0.3 is 10.0 Å². The Labute approximate surface area is 88.3 Å². The van der Waals surface area contributed by atoms with Gasteiger partial charge in [0, 0.05) is 6.92 Å². The molecule has 0 spiro atoms. The Morgan fingerprint density at radius 3 is 3.06 bits per heavy atom. The van der Waals surface area contributed by atoms with Gasteiger partial charge in [0.05, 0.1) is 5.16 Å². The summed E-state index contributed by atoms with van der Waals surface area (Å²) in [6.07, 6.45) is 2.53. The number of allylic oxidation sites excluding steroid dienone is 1. The Morgan fingerprint density at radius 1 is 1.62 bits per heavy atom. The summed E-state index contributed by atoms with van der Waals surface area (Å²) in [6.45, 7) is 1.15. The molecule has 1 heterocycles. The van der Waals surface area contributed by atoms with Gasteiger partial charge in [0.25, 0.3) is 11.5 Å². The van der Waals surface area contributed by atoms with Crippen molar-refractivity contribution in [2.45, 2.75) is 6.92 Å².